The highest BCUT2D eigenvalue weighted by atomic mass is 19.3. The first kappa shape index (κ1) is 27.8. The van der Waals surface area contributed by atoms with Crippen LogP contribution in [-0.4, -0.2) is 88.0 Å². The Morgan fingerprint density at radius 1 is 1.05 bits per heavy atom. The summed E-state index contributed by atoms with van der Waals surface area (Å²) in [4.78, 5) is 30.3. The fourth-order valence-electron chi connectivity index (χ4n) is 6.11. The standard InChI is InChI=1S/C29H37F2N7O3/c1-29(2)18-37(25(39)17-41-29)20-9-7-19(8-10-20)16-32-28-34-23(36-11-13-40-14-12-36)15-24(35-28)38-22-6-4-3-5-21(22)33-27(38)26(30)31/h3-6,15,19-20,26H,7-14,16-18H2,1-2H3,(H,32,34,35)/t19-,20-. The zero-order valence-corrected chi connectivity index (χ0v) is 23.6. The van der Waals surface area contributed by atoms with Crippen molar-refractivity contribution in [3.8, 4) is 5.82 Å². The van der Waals surface area contributed by atoms with Crippen LogP contribution < -0.4 is 10.2 Å². The van der Waals surface area contributed by atoms with Crippen LogP contribution in [0.25, 0.3) is 16.9 Å². The molecule has 0 bridgehead atoms. The maximum Gasteiger partial charge on any atom is 0.296 e. The fourth-order valence-corrected chi connectivity index (χ4v) is 6.11. The van der Waals surface area contributed by atoms with Crippen LogP contribution in [0.3, 0.4) is 0 Å². The summed E-state index contributed by atoms with van der Waals surface area (Å²) in [6, 6.07) is 9.07. The Morgan fingerprint density at radius 3 is 2.54 bits per heavy atom. The molecule has 10 nitrogen and oxygen atoms in total. The molecule has 0 spiro atoms. The maximum atomic E-state index is 14.1. The van der Waals surface area contributed by atoms with E-state index in [9.17, 15) is 13.6 Å². The summed E-state index contributed by atoms with van der Waals surface area (Å²) in [5.41, 5.74) is 0.736. The number of para-hydroxylation sites is 2. The number of ether oxygens (including phenoxy) is 2. The first-order chi connectivity index (χ1) is 19.8. The van der Waals surface area contributed by atoms with Crippen LogP contribution in [0.1, 0.15) is 51.8 Å². The number of imidazole rings is 1. The van der Waals surface area contributed by atoms with Gasteiger partial charge in [-0.25, -0.2) is 13.8 Å². The molecule has 220 valence electrons. The van der Waals surface area contributed by atoms with E-state index in [4.69, 9.17) is 19.4 Å². The van der Waals surface area contributed by atoms with Gasteiger partial charge in [-0.2, -0.15) is 9.97 Å². The minimum absolute atomic E-state index is 0.0712. The second-order valence-electron chi connectivity index (χ2n) is 11.7. The van der Waals surface area contributed by atoms with Gasteiger partial charge in [-0.05, 0) is 57.6 Å². The van der Waals surface area contributed by atoms with Gasteiger partial charge in [0.15, 0.2) is 5.82 Å². The number of aromatic nitrogens is 4. The number of rotatable bonds is 7. The van der Waals surface area contributed by atoms with E-state index in [-0.39, 0.29) is 30.0 Å². The van der Waals surface area contributed by atoms with Crippen molar-refractivity contribution in [1.29, 1.82) is 0 Å². The Hall–Kier alpha value is -3.38. The smallest absolute Gasteiger partial charge is 0.296 e. The van der Waals surface area contributed by atoms with E-state index in [2.05, 4.69) is 15.2 Å². The first-order valence-corrected chi connectivity index (χ1v) is 14.4. The second kappa shape index (κ2) is 11.5. The van der Waals surface area contributed by atoms with Crippen molar-refractivity contribution >= 4 is 28.7 Å². The van der Waals surface area contributed by atoms with Gasteiger partial charge in [0.25, 0.3) is 6.43 Å². The number of nitrogens with zero attached hydrogens (tertiary/aromatic N) is 6. The van der Waals surface area contributed by atoms with Crippen LogP contribution in [0.5, 0.6) is 0 Å². The number of amides is 1. The van der Waals surface area contributed by atoms with Crippen molar-refractivity contribution in [2.75, 3.05) is 56.2 Å². The third-order valence-corrected chi connectivity index (χ3v) is 8.31. The molecule has 3 aliphatic rings. The van der Waals surface area contributed by atoms with Crippen LogP contribution in [0.15, 0.2) is 30.3 Å². The van der Waals surface area contributed by atoms with Gasteiger partial charge >= 0.3 is 0 Å². The van der Waals surface area contributed by atoms with E-state index >= 15 is 0 Å². The molecule has 3 aromatic rings. The molecule has 41 heavy (non-hydrogen) atoms. The molecule has 1 aromatic carbocycles. The highest BCUT2D eigenvalue weighted by Gasteiger charge is 2.37. The van der Waals surface area contributed by atoms with E-state index in [1.807, 2.05) is 18.7 Å². The van der Waals surface area contributed by atoms with Gasteiger partial charge in [-0.1, -0.05) is 12.1 Å². The summed E-state index contributed by atoms with van der Waals surface area (Å²) in [5.74, 6) is 1.53. The van der Waals surface area contributed by atoms with Crippen LogP contribution >= 0.6 is 0 Å². The van der Waals surface area contributed by atoms with Crippen molar-refractivity contribution in [1.82, 2.24) is 24.4 Å². The molecule has 2 aliphatic heterocycles. The van der Waals surface area contributed by atoms with Gasteiger partial charge in [0.2, 0.25) is 11.9 Å². The van der Waals surface area contributed by atoms with Crippen LogP contribution in [0.2, 0.25) is 0 Å². The van der Waals surface area contributed by atoms with Gasteiger partial charge in [0.05, 0.1) is 29.8 Å². The molecule has 0 radical (unpaired) electrons. The molecule has 2 saturated heterocycles. The van der Waals surface area contributed by atoms with E-state index in [0.717, 1.165) is 25.7 Å². The Morgan fingerprint density at radius 2 is 1.78 bits per heavy atom. The summed E-state index contributed by atoms with van der Waals surface area (Å²) in [6.45, 7) is 7.94. The summed E-state index contributed by atoms with van der Waals surface area (Å²) < 4.78 is 40.9. The Labute approximate surface area is 238 Å². The Bertz CT molecular complexity index is 1380. The lowest BCUT2D eigenvalue weighted by molar-refractivity contribution is -0.163. The van der Waals surface area contributed by atoms with E-state index in [0.29, 0.717) is 73.9 Å². The number of fused-ring (bicyclic) bond motifs is 1. The lowest BCUT2D eigenvalue weighted by Gasteiger charge is -2.44. The number of alkyl halides is 2. The second-order valence-corrected chi connectivity index (χ2v) is 11.7. The summed E-state index contributed by atoms with van der Waals surface area (Å²) in [6.07, 6.45) is 1.06. The molecule has 2 aromatic heterocycles. The quantitative estimate of drug-likeness (QED) is 0.452. The molecule has 12 heteroatoms. The number of anilines is 2. The maximum absolute atomic E-state index is 14.1. The first-order valence-electron chi connectivity index (χ1n) is 14.4. The van der Waals surface area contributed by atoms with Gasteiger partial charge < -0.3 is 24.6 Å². The average molecular weight is 570 g/mol. The molecule has 3 fully saturated rings. The van der Waals surface area contributed by atoms with Gasteiger partial charge in [-0.3, -0.25) is 9.36 Å². The van der Waals surface area contributed by atoms with Crippen LogP contribution in [0.4, 0.5) is 20.5 Å². The number of nitrogens with one attached hydrogen (secondary N) is 1. The zero-order valence-electron chi connectivity index (χ0n) is 23.6. The summed E-state index contributed by atoms with van der Waals surface area (Å²) in [7, 11) is 0. The molecule has 1 N–H and O–H groups in total. The number of hydrogen-bond donors (Lipinski definition) is 1. The highest BCUT2D eigenvalue weighted by molar-refractivity contribution is 5.79. The lowest BCUT2D eigenvalue weighted by Crippen LogP contribution is -2.56. The minimum atomic E-state index is -2.76. The summed E-state index contributed by atoms with van der Waals surface area (Å²) in [5, 5.41) is 3.41. The van der Waals surface area contributed by atoms with E-state index in [1.165, 1.54) is 4.57 Å². The number of carbonyl (C=O) groups is 1. The molecule has 6 rings (SSSR count). The minimum Gasteiger partial charge on any atom is -0.378 e. The lowest BCUT2D eigenvalue weighted by atomic mass is 9.84. The predicted molar refractivity (Wildman–Crippen MR) is 151 cm³/mol. The van der Waals surface area contributed by atoms with Crippen molar-refractivity contribution in [2.45, 2.75) is 57.6 Å². The monoisotopic (exact) mass is 569 g/mol. The van der Waals surface area contributed by atoms with E-state index < -0.39 is 6.43 Å². The van der Waals surface area contributed by atoms with Crippen molar-refractivity contribution in [3.63, 3.8) is 0 Å². The molecule has 0 atom stereocenters. The number of hydrogen-bond acceptors (Lipinski definition) is 8. The fraction of sp³-hybridized carbons (Fsp3) is 0.586. The SMILES string of the molecule is CC1(C)CN([C@H]2CC[C@H](CNc3nc(N4CCOCC4)cc(-n4c(C(F)F)nc5ccccc54)n3)CC2)C(=O)CO1. The predicted octanol–water partition coefficient (Wildman–Crippen LogP) is 4.20. The van der Waals surface area contributed by atoms with Gasteiger partial charge in [0.1, 0.15) is 18.2 Å². The summed E-state index contributed by atoms with van der Waals surface area (Å²) >= 11 is 0. The third-order valence-electron chi connectivity index (χ3n) is 8.31. The number of halogens is 2. The molecular weight excluding hydrogens is 532 g/mol. The van der Waals surface area contributed by atoms with Crippen molar-refractivity contribution in [2.24, 2.45) is 5.92 Å². The van der Waals surface area contributed by atoms with E-state index in [1.54, 1.807) is 30.3 Å². The molecule has 4 heterocycles. The normalized spacial score (nSPS) is 23.4. The van der Waals surface area contributed by atoms with Crippen LogP contribution in [-0.2, 0) is 14.3 Å². The largest absolute Gasteiger partial charge is 0.378 e. The average Bonchev–Trinajstić information content (AvgIpc) is 3.38. The third kappa shape index (κ3) is 5.99. The molecule has 1 amide bonds. The zero-order chi connectivity index (χ0) is 28.6. The van der Waals surface area contributed by atoms with Crippen LogP contribution in [0, 0.1) is 5.92 Å². The molecule has 1 aliphatic carbocycles. The Kier molecular flexibility index (Phi) is 7.78. The number of benzene rings is 1. The molecular formula is C29H37F2N7O3. The van der Waals surface area contributed by atoms with Crippen molar-refractivity contribution in [3.05, 3.63) is 36.2 Å². The van der Waals surface area contributed by atoms with Crippen molar-refractivity contribution < 1.29 is 23.0 Å². The topological polar surface area (TPSA) is 97.6 Å². The Balaban J connectivity index is 1.21. The van der Waals surface area contributed by atoms with Gasteiger partial charge in [0, 0.05) is 38.3 Å². The molecule has 1 saturated carbocycles. The highest BCUT2D eigenvalue weighted by Crippen LogP contribution is 2.32. The molecule has 0 unspecified atom stereocenters. The number of morpholine rings is 2. The number of carbonyl (C=O) groups excluding carboxylic acids is 1. The van der Waals surface area contributed by atoms with Gasteiger partial charge in [-0.15, -0.1) is 0 Å².